The Morgan fingerprint density at radius 2 is 0.689 bits per heavy atom. The minimum absolute atomic E-state index is 0.0599. The van der Waals surface area contributed by atoms with E-state index in [-0.39, 0.29) is 62.0 Å². The van der Waals surface area contributed by atoms with E-state index in [1.54, 1.807) is 9.36 Å². The topological polar surface area (TPSA) is 290 Å². The summed E-state index contributed by atoms with van der Waals surface area (Å²) in [4.78, 5) is 56.1. The van der Waals surface area contributed by atoms with Crippen molar-refractivity contribution in [2.45, 2.75) is 95.4 Å². The number of primary amides is 1. The molecule has 25 nitrogen and oxygen atoms in total. The van der Waals surface area contributed by atoms with Gasteiger partial charge in [0.1, 0.15) is 77.4 Å². The van der Waals surface area contributed by atoms with Crippen LogP contribution >= 0.6 is 46.4 Å². The third-order valence-corrected chi connectivity index (χ3v) is 23.9. The van der Waals surface area contributed by atoms with Crippen LogP contribution < -0.4 is 11.1 Å². The number of likely N-dealkylation sites (N-methyl/N-ethyl adjacent to an activating group) is 1. The first-order chi connectivity index (χ1) is 59.2. The van der Waals surface area contributed by atoms with Crippen LogP contribution in [-0.2, 0) is 45.4 Å². The number of carbonyl (C=O) groups is 4. The fourth-order valence-electron chi connectivity index (χ4n) is 16.1. The van der Waals surface area contributed by atoms with Gasteiger partial charge in [0.05, 0.1) is 48.2 Å². The zero-order chi connectivity index (χ0) is 84.3. The van der Waals surface area contributed by atoms with E-state index in [2.05, 4.69) is 70.1 Å². The standard InChI is InChI=1S/C25H23ClN6O.C24H21ClFN5O.C24H22ClN5O.C19H14ClN5O/c1-30-13-19-12-18(30)14-31(19)20(33)15-32-25-21(23(29-32)16-8-4-2-5-9-16)22(26)24(27-28-25)17-10-6-3-7-11-17;1-24(26)12-13-30(15-24)18(32)14-31-23-19(21(29-31)16-8-4-2-5-9-16)20(25)22(27-28-23)17-10-6-3-7-11-17;1-24(13-8-14-24)26-18(31)15-30-23-19(21(29-30)16-9-4-2-5-10-16)20(25)22(27-28-23)17-11-6-3-7-12-17;20-16-15-17(12-7-3-1-4-8-12)24-25(11-14(21)26)19(15)23-22-18(16)13-9-5-2-6-10-13/h2-11,18-19H,12-15H2,1H3;2-11H,12-15H2,1H3;2-7,9-12H,8,13-15H2,1H3,(H,26,31);1-10H,11H2,(H2,21,26)/t18-,19-;;;/m1.../s1. The van der Waals surface area contributed by atoms with Crippen LogP contribution in [0, 0.1) is 0 Å². The predicted octanol–water partition coefficient (Wildman–Crippen LogP) is 16.7. The first kappa shape index (κ1) is 81.3. The van der Waals surface area contributed by atoms with Crippen LogP contribution in [0.4, 0.5) is 4.39 Å². The molecule has 3 N–H and O–H groups in total. The number of hydrogen-bond donors (Lipinski definition) is 2. The number of benzene rings is 8. The van der Waals surface area contributed by atoms with Gasteiger partial charge in [-0.05, 0) is 46.6 Å². The van der Waals surface area contributed by atoms with E-state index in [9.17, 15) is 23.6 Å². The van der Waals surface area contributed by atoms with E-state index < -0.39 is 11.6 Å². The Morgan fingerprint density at radius 3 is 0.951 bits per heavy atom. The van der Waals surface area contributed by atoms with Crippen molar-refractivity contribution >= 4 is 114 Å². The van der Waals surface area contributed by atoms with Gasteiger partial charge in [-0.1, -0.05) is 289 Å². The van der Waals surface area contributed by atoms with Gasteiger partial charge < -0.3 is 20.9 Å². The van der Waals surface area contributed by atoms with Crippen molar-refractivity contribution in [2.75, 3.05) is 33.2 Å². The average molecular weight is 1700 g/mol. The minimum Gasteiger partial charge on any atom is -0.368 e. The molecular formula is C92H80Cl4FN21O4. The molecule has 8 aromatic heterocycles. The van der Waals surface area contributed by atoms with Crippen molar-refractivity contribution in [1.82, 2.24) is 99.9 Å². The van der Waals surface area contributed by atoms with Gasteiger partial charge in [0.15, 0.2) is 22.6 Å². The molecule has 4 aliphatic rings. The molecule has 1 unspecified atom stereocenters. The lowest BCUT2D eigenvalue weighted by Crippen LogP contribution is -2.51. The van der Waals surface area contributed by atoms with Crippen molar-refractivity contribution in [1.29, 1.82) is 0 Å². The van der Waals surface area contributed by atoms with Crippen LogP contribution in [0.2, 0.25) is 20.1 Å². The Balaban J connectivity index is 0.000000116. The smallest absolute Gasteiger partial charge is 0.244 e. The maximum absolute atomic E-state index is 14.2. The fourth-order valence-corrected chi connectivity index (χ4v) is 17.4. The van der Waals surface area contributed by atoms with Crippen LogP contribution in [0.3, 0.4) is 0 Å². The van der Waals surface area contributed by atoms with Crippen molar-refractivity contribution in [3.05, 3.63) is 263 Å². The van der Waals surface area contributed by atoms with Crippen LogP contribution in [0.15, 0.2) is 243 Å². The van der Waals surface area contributed by atoms with Crippen LogP contribution in [0.1, 0.15) is 46.0 Å². The maximum Gasteiger partial charge on any atom is 0.244 e. The zero-order valence-electron chi connectivity index (χ0n) is 66.5. The van der Waals surface area contributed by atoms with Crippen molar-refractivity contribution in [3.63, 3.8) is 0 Å². The summed E-state index contributed by atoms with van der Waals surface area (Å²) < 4.78 is 20.5. The third kappa shape index (κ3) is 16.8. The van der Waals surface area contributed by atoms with Gasteiger partial charge in [0.2, 0.25) is 23.6 Å². The quantitative estimate of drug-likeness (QED) is 0.0856. The predicted molar refractivity (Wildman–Crippen MR) is 472 cm³/mol. The molecule has 3 aliphatic heterocycles. The largest absolute Gasteiger partial charge is 0.368 e. The number of halogens is 5. The lowest BCUT2D eigenvalue weighted by atomic mass is 9.78. The Hall–Kier alpha value is -13.1. The van der Waals surface area contributed by atoms with Gasteiger partial charge in [0.25, 0.3) is 0 Å². The lowest BCUT2D eigenvalue weighted by molar-refractivity contribution is -0.134. The fraction of sp³-hybridized carbons (Fsp3) is 0.217. The summed E-state index contributed by atoms with van der Waals surface area (Å²) in [6.45, 7) is 5.80. The number of amides is 4. The number of nitrogens with zero attached hydrogens (tertiary/aromatic N) is 19. The van der Waals surface area contributed by atoms with Gasteiger partial charge in [-0.2, -0.15) is 20.4 Å². The highest BCUT2D eigenvalue weighted by atomic mass is 35.5. The van der Waals surface area contributed by atoms with Gasteiger partial charge in [-0.15, -0.1) is 40.8 Å². The SMILES string of the molecule is CC1(F)CCN(C(=O)Cn2nc(-c3ccccc3)c3c(Cl)c(-c4ccccc4)nnc32)C1.CC1(NC(=O)Cn2nc(-c3ccccc3)c3c(Cl)c(-c4ccccc4)nnc32)CCC1.CN1C[C@H]2C[C@@H]1CN2C(=O)Cn1nc(-c2ccccc2)c2c(Cl)c(-c3ccccc3)nnc21.NC(=O)Cn1nc(-c2ccccc2)c2c(Cl)c(-c3ccccc3)nnc21. The number of likely N-dealkylation sites (tertiary alicyclic amines) is 3. The average Bonchev–Trinajstić information content (AvgIpc) is 1.71. The molecule has 612 valence electrons. The molecule has 11 heterocycles. The number of aromatic nitrogens is 16. The second-order valence-corrected chi connectivity index (χ2v) is 32.6. The molecule has 0 spiro atoms. The van der Waals surface area contributed by atoms with E-state index in [1.807, 2.05) is 248 Å². The number of carbonyl (C=O) groups excluding carboxylic acids is 4. The normalized spacial score (nSPS) is 16.4. The molecule has 4 fully saturated rings. The first-order valence-corrected chi connectivity index (χ1v) is 41.4. The van der Waals surface area contributed by atoms with Crippen LogP contribution in [0.5, 0.6) is 0 Å². The van der Waals surface area contributed by atoms with Crippen LogP contribution in [0.25, 0.3) is 134 Å². The van der Waals surface area contributed by atoms with E-state index in [0.717, 1.165) is 83.3 Å². The highest BCUT2D eigenvalue weighted by Gasteiger charge is 2.44. The highest BCUT2D eigenvalue weighted by molar-refractivity contribution is 6.40. The molecular weight excluding hydrogens is 1620 g/mol. The molecule has 122 heavy (non-hydrogen) atoms. The maximum atomic E-state index is 14.2. The summed E-state index contributed by atoms with van der Waals surface area (Å²) in [6, 6.07) is 78.2. The molecule has 4 amide bonds. The number of fused-ring (bicyclic) bond motifs is 6. The van der Waals surface area contributed by atoms with Gasteiger partial charge in [0, 0.05) is 88.2 Å². The molecule has 2 bridgehead atoms. The molecule has 3 atom stereocenters. The van der Waals surface area contributed by atoms with Crippen LogP contribution in [-0.4, -0.2) is 175 Å². The summed E-state index contributed by atoms with van der Waals surface area (Å²) in [7, 11) is 2.13. The molecule has 3 saturated heterocycles. The van der Waals surface area contributed by atoms with E-state index >= 15 is 0 Å². The molecule has 8 aromatic carbocycles. The second-order valence-electron chi connectivity index (χ2n) is 31.1. The summed E-state index contributed by atoms with van der Waals surface area (Å²) in [5, 5.41) is 61.4. The summed E-state index contributed by atoms with van der Waals surface area (Å²) in [6.07, 6.45) is 4.52. The van der Waals surface area contributed by atoms with Crippen molar-refractivity contribution in [2.24, 2.45) is 5.73 Å². The summed E-state index contributed by atoms with van der Waals surface area (Å²) in [5.41, 5.74) is 17.7. The van der Waals surface area contributed by atoms with E-state index in [4.69, 9.17) is 67.4 Å². The molecule has 0 radical (unpaired) electrons. The van der Waals surface area contributed by atoms with E-state index in [0.29, 0.717) is 129 Å². The number of nitrogens with one attached hydrogen (secondary N) is 1. The summed E-state index contributed by atoms with van der Waals surface area (Å²) >= 11 is 27.3. The third-order valence-electron chi connectivity index (χ3n) is 22.4. The Morgan fingerprint density at radius 1 is 0.393 bits per heavy atom. The Kier molecular flexibility index (Phi) is 23.3. The number of piperazine rings is 1. The lowest BCUT2D eigenvalue weighted by Gasteiger charge is -2.39. The second kappa shape index (κ2) is 34.9. The van der Waals surface area contributed by atoms with Gasteiger partial charge in [-0.25, -0.2) is 23.1 Å². The minimum atomic E-state index is -1.36. The Labute approximate surface area is 720 Å². The van der Waals surface area contributed by atoms with E-state index in [1.165, 1.54) is 21.2 Å². The number of rotatable bonds is 17. The number of hydrogen-bond acceptors (Lipinski definition) is 17. The van der Waals surface area contributed by atoms with Gasteiger partial charge >= 0.3 is 0 Å². The van der Waals surface area contributed by atoms with Crippen molar-refractivity contribution in [3.8, 4) is 90.1 Å². The number of nitrogens with two attached hydrogens (primary N) is 1. The van der Waals surface area contributed by atoms with Crippen molar-refractivity contribution < 1.29 is 23.6 Å². The Bertz CT molecular complexity index is 6550. The monoisotopic (exact) mass is 1700 g/mol. The summed E-state index contributed by atoms with van der Waals surface area (Å²) in [5.74, 6) is -0.750. The highest BCUT2D eigenvalue weighted by Crippen LogP contribution is 2.43. The molecule has 20 rings (SSSR count). The molecule has 1 aliphatic carbocycles. The molecule has 1 saturated carbocycles. The molecule has 16 aromatic rings. The van der Waals surface area contributed by atoms with Gasteiger partial charge in [-0.3, -0.25) is 24.1 Å². The molecule has 30 heteroatoms. The number of alkyl halides is 1. The zero-order valence-corrected chi connectivity index (χ0v) is 69.6. The first-order valence-electron chi connectivity index (χ1n) is 39.9.